The summed E-state index contributed by atoms with van der Waals surface area (Å²) in [6, 6.07) is 3.51. The number of carbonyl (C=O) groups excluding carboxylic acids is 3. The molecule has 1 aromatic heterocycles. The van der Waals surface area contributed by atoms with Crippen LogP contribution < -0.4 is 5.32 Å². The lowest BCUT2D eigenvalue weighted by Crippen LogP contribution is -2.55. The Balaban J connectivity index is 1.50. The van der Waals surface area contributed by atoms with Gasteiger partial charge in [0.2, 0.25) is 11.8 Å². The van der Waals surface area contributed by atoms with E-state index in [0.29, 0.717) is 44.1 Å². The number of hydrogen-bond acceptors (Lipinski definition) is 5. The molecule has 2 fully saturated rings. The van der Waals surface area contributed by atoms with Crippen LogP contribution in [0.5, 0.6) is 0 Å². The summed E-state index contributed by atoms with van der Waals surface area (Å²) in [5.41, 5.74) is 0. The third-order valence-electron chi connectivity index (χ3n) is 5.60. The second-order valence-electron chi connectivity index (χ2n) is 7.61. The lowest BCUT2D eigenvalue weighted by atomic mass is 10.1. The molecule has 1 aromatic rings. The molecule has 154 valence electrons. The molecule has 2 saturated heterocycles. The average Bonchev–Trinajstić information content (AvgIpc) is 3.39. The molecule has 0 saturated carbocycles. The van der Waals surface area contributed by atoms with Crippen molar-refractivity contribution in [2.45, 2.75) is 45.2 Å². The summed E-state index contributed by atoms with van der Waals surface area (Å²) in [5, 5.41) is 4.87. The Morgan fingerprint density at radius 1 is 1.21 bits per heavy atom. The fourth-order valence-corrected chi connectivity index (χ4v) is 4.45. The molecule has 0 aliphatic carbocycles. The fraction of sp³-hybridized carbons (Fsp3) is 0.650. The van der Waals surface area contributed by atoms with Crippen molar-refractivity contribution in [2.75, 3.05) is 39.3 Å². The number of likely N-dealkylation sites (tertiary alicyclic amines) is 1. The molecule has 2 atom stereocenters. The number of thiophene rings is 1. The number of rotatable bonds is 6. The maximum absolute atomic E-state index is 13.0. The minimum Gasteiger partial charge on any atom is -0.353 e. The van der Waals surface area contributed by atoms with Gasteiger partial charge in [0.25, 0.3) is 5.91 Å². The van der Waals surface area contributed by atoms with Crippen LogP contribution in [-0.4, -0.2) is 83.8 Å². The number of piperazine rings is 1. The summed E-state index contributed by atoms with van der Waals surface area (Å²) >= 11 is 1.42. The first-order chi connectivity index (χ1) is 13.5. The molecule has 2 aliphatic heterocycles. The monoisotopic (exact) mass is 406 g/mol. The van der Waals surface area contributed by atoms with Crippen molar-refractivity contribution in [2.24, 2.45) is 0 Å². The quantitative estimate of drug-likeness (QED) is 0.775. The molecule has 0 aromatic carbocycles. The van der Waals surface area contributed by atoms with E-state index in [1.165, 1.54) is 11.3 Å². The van der Waals surface area contributed by atoms with Gasteiger partial charge in [0.05, 0.1) is 11.4 Å². The van der Waals surface area contributed by atoms with Gasteiger partial charge in [-0.05, 0) is 37.6 Å². The average molecular weight is 407 g/mol. The molecule has 0 radical (unpaired) electrons. The summed E-state index contributed by atoms with van der Waals surface area (Å²) in [4.78, 5) is 44.2. The molecule has 0 bridgehead atoms. The molecule has 3 amide bonds. The first kappa shape index (κ1) is 20.8. The highest BCUT2D eigenvalue weighted by atomic mass is 32.1. The van der Waals surface area contributed by atoms with Crippen molar-refractivity contribution in [1.82, 2.24) is 20.0 Å². The minimum absolute atomic E-state index is 0.0359. The second kappa shape index (κ2) is 9.52. The van der Waals surface area contributed by atoms with Gasteiger partial charge in [-0.25, -0.2) is 0 Å². The van der Waals surface area contributed by atoms with E-state index in [-0.39, 0.29) is 29.8 Å². The van der Waals surface area contributed by atoms with Crippen LogP contribution in [0.1, 0.15) is 42.8 Å². The zero-order chi connectivity index (χ0) is 20.1. The van der Waals surface area contributed by atoms with E-state index in [2.05, 4.69) is 10.2 Å². The van der Waals surface area contributed by atoms with Gasteiger partial charge >= 0.3 is 0 Å². The van der Waals surface area contributed by atoms with E-state index in [0.717, 1.165) is 19.3 Å². The van der Waals surface area contributed by atoms with E-state index in [9.17, 15) is 14.4 Å². The SMILES string of the molecule is CCC(C)NC(=O)CN1CCN(C(=O)[C@@H]2CCCN2C(=O)c2cccs2)CC1. The summed E-state index contributed by atoms with van der Waals surface area (Å²) in [7, 11) is 0. The summed E-state index contributed by atoms with van der Waals surface area (Å²) in [5.74, 6) is 0.0509. The van der Waals surface area contributed by atoms with E-state index < -0.39 is 0 Å². The normalized spacial score (nSPS) is 21.6. The van der Waals surface area contributed by atoms with Crippen LogP contribution in [0, 0.1) is 0 Å². The van der Waals surface area contributed by atoms with Gasteiger partial charge < -0.3 is 15.1 Å². The van der Waals surface area contributed by atoms with Crippen molar-refractivity contribution in [3.8, 4) is 0 Å². The third-order valence-corrected chi connectivity index (χ3v) is 6.46. The molecule has 7 nitrogen and oxygen atoms in total. The van der Waals surface area contributed by atoms with E-state index >= 15 is 0 Å². The van der Waals surface area contributed by atoms with Gasteiger partial charge in [0.15, 0.2) is 0 Å². The highest BCUT2D eigenvalue weighted by Gasteiger charge is 2.38. The lowest BCUT2D eigenvalue weighted by molar-refractivity contribution is -0.137. The molecule has 2 aliphatic rings. The topological polar surface area (TPSA) is 73.0 Å². The van der Waals surface area contributed by atoms with Gasteiger partial charge in [0, 0.05) is 38.8 Å². The maximum Gasteiger partial charge on any atom is 0.264 e. The molecule has 3 heterocycles. The Morgan fingerprint density at radius 3 is 2.61 bits per heavy atom. The number of nitrogens with zero attached hydrogens (tertiary/aromatic N) is 3. The molecular formula is C20H30N4O3S. The summed E-state index contributed by atoms with van der Waals surface area (Å²) < 4.78 is 0. The van der Waals surface area contributed by atoms with Gasteiger partial charge in [-0.1, -0.05) is 13.0 Å². The van der Waals surface area contributed by atoms with E-state index in [4.69, 9.17) is 0 Å². The Labute approximate surface area is 170 Å². The molecule has 1 N–H and O–H groups in total. The molecule has 3 rings (SSSR count). The Morgan fingerprint density at radius 2 is 1.96 bits per heavy atom. The highest BCUT2D eigenvalue weighted by molar-refractivity contribution is 7.12. The van der Waals surface area contributed by atoms with Gasteiger partial charge in [-0.2, -0.15) is 0 Å². The van der Waals surface area contributed by atoms with Crippen molar-refractivity contribution in [3.05, 3.63) is 22.4 Å². The van der Waals surface area contributed by atoms with Crippen LogP contribution in [0.3, 0.4) is 0 Å². The van der Waals surface area contributed by atoms with Crippen LogP contribution in [0.2, 0.25) is 0 Å². The molecule has 28 heavy (non-hydrogen) atoms. The standard InChI is InChI=1S/C20H30N4O3S/c1-3-15(2)21-18(25)14-22-9-11-23(12-10-22)19(26)16-6-4-8-24(16)20(27)17-7-5-13-28-17/h5,7,13,15-16H,3-4,6,8-12,14H2,1-2H3,(H,21,25)/t15?,16-/m0/s1. The highest BCUT2D eigenvalue weighted by Crippen LogP contribution is 2.24. The largest absolute Gasteiger partial charge is 0.353 e. The Hall–Kier alpha value is -1.93. The van der Waals surface area contributed by atoms with E-state index in [1.54, 1.807) is 4.90 Å². The number of amides is 3. The van der Waals surface area contributed by atoms with Gasteiger partial charge in [-0.15, -0.1) is 11.3 Å². The van der Waals surface area contributed by atoms with Crippen molar-refractivity contribution >= 4 is 29.1 Å². The Kier molecular flexibility index (Phi) is 7.07. The van der Waals surface area contributed by atoms with Gasteiger partial charge in [-0.3, -0.25) is 19.3 Å². The third kappa shape index (κ3) is 4.91. The number of carbonyl (C=O) groups is 3. The van der Waals surface area contributed by atoms with Crippen LogP contribution in [-0.2, 0) is 9.59 Å². The molecular weight excluding hydrogens is 376 g/mol. The lowest BCUT2D eigenvalue weighted by Gasteiger charge is -2.37. The summed E-state index contributed by atoms with van der Waals surface area (Å²) in [6.07, 6.45) is 2.51. The van der Waals surface area contributed by atoms with Crippen molar-refractivity contribution < 1.29 is 14.4 Å². The number of nitrogens with one attached hydrogen (secondary N) is 1. The van der Waals surface area contributed by atoms with Crippen LogP contribution in [0.25, 0.3) is 0 Å². The van der Waals surface area contributed by atoms with Crippen molar-refractivity contribution in [3.63, 3.8) is 0 Å². The summed E-state index contributed by atoms with van der Waals surface area (Å²) in [6.45, 7) is 7.64. The minimum atomic E-state index is -0.352. The zero-order valence-corrected chi connectivity index (χ0v) is 17.5. The smallest absolute Gasteiger partial charge is 0.264 e. The maximum atomic E-state index is 13.0. The second-order valence-corrected chi connectivity index (χ2v) is 8.56. The van der Waals surface area contributed by atoms with Crippen LogP contribution in [0.15, 0.2) is 17.5 Å². The molecule has 1 unspecified atom stereocenters. The van der Waals surface area contributed by atoms with Crippen LogP contribution in [0.4, 0.5) is 0 Å². The zero-order valence-electron chi connectivity index (χ0n) is 16.7. The predicted molar refractivity (Wildman–Crippen MR) is 109 cm³/mol. The predicted octanol–water partition coefficient (Wildman–Crippen LogP) is 1.41. The Bertz CT molecular complexity index is 686. The molecule has 0 spiro atoms. The van der Waals surface area contributed by atoms with Crippen molar-refractivity contribution in [1.29, 1.82) is 0 Å². The first-order valence-corrected chi connectivity index (χ1v) is 11.0. The number of hydrogen-bond donors (Lipinski definition) is 1. The first-order valence-electron chi connectivity index (χ1n) is 10.1. The molecule has 8 heteroatoms. The van der Waals surface area contributed by atoms with Gasteiger partial charge in [0.1, 0.15) is 6.04 Å². The van der Waals surface area contributed by atoms with E-state index in [1.807, 2.05) is 36.3 Å². The van der Waals surface area contributed by atoms with Crippen LogP contribution >= 0.6 is 11.3 Å². The fourth-order valence-electron chi connectivity index (χ4n) is 3.77.